The van der Waals surface area contributed by atoms with E-state index < -0.39 is 0 Å². The van der Waals surface area contributed by atoms with E-state index in [4.69, 9.17) is 4.42 Å². The van der Waals surface area contributed by atoms with Crippen LogP contribution in [0, 0.1) is 13.8 Å². The van der Waals surface area contributed by atoms with Crippen LogP contribution in [0.15, 0.2) is 15.3 Å². The van der Waals surface area contributed by atoms with Gasteiger partial charge in [0.25, 0.3) is 5.91 Å². The molecule has 0 fully saturated rings. The Labute approximate surface area is 88.3 Å². The lowest BCUT2D eigenvalue weighted by Crippen LogP contribution is -2.34. The highest BCUT2D eigenvalue weighted by molar-refractivity contribution is 5.95. The van der Waals surface area contributed by atoms with Crippen LogP contribution in [0.3, 0.4) is 0 Å². The van der Waals surface area contributed by atoms with E-state index >= 15 is 0 Å². The second-order valence-electron chi connectivity index (χ2n) is 3.78. The normalized spacial score (nSPS) is 10.5. The molecule has 1 aromatic heterocycles. The first kappa shape index (κ1) is 11.5. The first-order valence-electron chi connectivity index (χ1n) is 4.84. The smallest absolute Gasteiger partial charge is 0.258 e. The van der Waals surface area contributed by atoms with Gasteiger partial charge < -0.3 is 9.73 Å². The molecular weight excluding hydrogens is 194 g/mol. The number of rotatable bonds is 2. The van der Waals surface area contributed by atoms with Crippen LogP contribution in [0.2, 0.25) is 0 Å². The van der Waals surface area contributed by atoms with Crippen molar-refractivity contribution in [3.05, 3.63) is 33.4 Å². The molecule has 0 aliphatic heterocycles. The zero-order valence-corrected chi connectivity index (χ0v) is 9.38. The van der Waals surface area contributed by atoms with Crippen molar-refractivity contribution in [1.82, 2.24) is 5.32 Å². The van der Waals surface area contributed by atoms with E-state index in [2.05, 4.69) is 5.32 Å². The van der Waals surface area contributed by atoms with Gasteiger partial charge in [-0.2, -0.15) is 0 Å². The van der Waals surface area contributed by atoms with Gasteiger partial charge in [0.05, 0.1) is 0 Å². The SMILES string of the molecule is Cc1cc(=O)c(C(=O)NC(C)C)c(C)o1. The van der Waals surface area contributed by atoms with E-state index in [-0.39, 0.29) is 22.9 Å². The quantitative estimate of drug-likeness (QED) is 0.800. The summed E-state index contributed by atoms with van der Waals surface area (Å²) in [7, 11) is 0. The Kier molecular flexibility index (Phi) is 3.29. The van der Waals surface area contributed by atoms with Crippen molar-refractivity contribution in [3.63, 3.8) is 0 Å². The molecule has 1 heterocycles. The summed E-state index contributed by atoms with van der Waals surface area (Å²) in [6.07, 6.45) is 0. The number of hydrogen-bond donors (Lipinski definition) is 1. The Morgan fingerprint density at radius 3 is 2.47 bits per heavy atom. The second kappa shape index (κ2) is 4.29. The molecule has 0 aliphatic carbocycles. The van der Waals surface area contributed by atoms with Crippen LogP contribution in [-0.2, 0) is 0 Å². The van der Waals surface area contributed by atoms with Crippen molar-refractivity contribution < 1.29 is 9.21 Å². The molecule has 0 aliphatic rings. The summed E-state index contributed by atoms with van der Waals surface area (Å²) in [4.78, 5) is 23.2. The Balaban J connectivity index is 3.15. The Hall–Kier alpha value is -1.58. The first-order chi connectivity index (χ1) is 6.91. The third kappa shape index (κ3) is 2.68. The van der Waals surface area contributed by atoms with E-state index in [9.17, 15) is 9.59 Å². The lowest BCUT2D eigenvalue weighted by Gasteiger charge is -2.09. The molecule has 0 atom stereocenters. The van der Waals surface area contributed by atoms with E-state index in [1.807, 2.05) is 13.8 Å². The highest BCUT2D eigenvalue weighted by atomic mass is 16.3. The predicted molar refractivity (Wildman–Crippen MR) is 57.1 cm³/mol. The molecule has 0 saturated heterocycles. The van der Waals surface area contributed by atoms with Gasteiger partial charge in [0.1, 0.15) is 17.1 Å². The van der Waals surface area contributed by atoms with Crippen LogP contribution >= 0.6 is 0 Å². The third-order valence-electron chi connectivity index (χ3n) is 1.89. The maximum atomic E-state index is 11.6. The molecule has 0 bridgehead atoms. The molecule has 1 N–H and O–H groups in total. The average molecular weight is 209 g/mol. The van der Waals surface area contributed by atoms with Crippen molar-refractivity contribution in [2.45, 2.75) is 33.7 Å². The number of aryl methyl sites for hydroxylation is 2. The molecule has 0 saturated carbocycles. The van der Waals surface area contributed by atoms with Gasteiger partial charge in [-0.3, -0.25) is 9.59 Å². The van der Waals surface area contributed by atoms with Crippen LogP contribution in [0.5, 0.6) is 0 Å². The van der Waals surface area contributed by atoms with E-state index in [1.165, 1.54) is 6.07 Å². The van der Waals surface area contributed by atoms with Gasteiger partial charge in [0.2, 0.25) is 0 Å². The summed E-state index contributed by atoms with van der Waals surface area (Å²) in [6, 6.07) is 1.32. The maximum Gasteiger partial charge on any atom is 0.258 e. The number of nitrogens with one attached hydrogen (secondary N) is 1. The Morgan fingerprint density at radius 1 is 1.40 bits per heavy atom. The van der Waals surface area contributed by atoms with Crippen molar-refractivity contribution in [3.8, 4) is 0 Å². The van der Waals surface area contributed by atoms with Gasteiger partial charge in [-0.05, 0) is 27.7 Å². The summed E-state index contributed by atoms with van der Waals surface area (Å²) < 4.78 is 5.23. The maximum absolute atomic E-state index is 11.6. The zero-order valence-electron chi connectivity index (χ0n) is 9.38. The fourth-order valence-corrected chi connectivity index (χ4v) is 1.36. The van der Waals surface area contributed by atoms with Crippen molar-refractivity contribution in [2.24, 2.45) is 0 Å². The lowest BCUT2D eigenvalue weighted by atomic mass is 10.2. The molecule has 1 rings (SSSR count). The molecule has 0 unspecified atom stereocenters. The van der Waals surface area contributed by atoms with E-state index in [1.54, 1.807) is 13.8 Å². The summed E-state index contributed by atoms with van der Waals surface area (Å²) >= 11 is 0. The first-order valence-corrected chi connectivity index (χ1v) is 4.84. The topological polar surface area (TPSA) is 59.3 Å². The van der Waals surface area contributed by atoms with Crippen LogP contribution in [-0.4, -0.2) is 11.9 Å². The Bertz CT molecular complexity index is 432. The highest BCUT2D eigenvalue weighted by Crippen LogP contribution is 2.05. The predicted octanol–water partition coefficient (Wildman–Crippen LogP) is 1.39. The monoisotopic (exact) mass is 209 g/mol. The molecule has 0 spiro atoms. The highest BCUT2D eigenvalue weighted by Gasteiger charge is 2.16. The second-order valence-corrected chi connectivity index (χ2v) is 3.78. The van der Waals surface area contributed by atoms with Crippen LogP contribution in [0.1, 0.15) is 35.7 Å². The average Bonchev–Trinajstić information content (AvgIpc) is 1.99. The van der Waals surface area contributed by atoms with Gasteiger partial charge in [-0.1, -0.05) is 0 Å². The minimum Gasteiger partial charge on any atom is -0.466 e. The summed E-state index contributed by atoms with van der Waals surface area (Å²) in [5, 5.41) is 2.66. The Morgan fingerprint density at radius 2 is 2.00 bits per heavy atom. The van der Waals surface area contributed by atoms with Gasteiger partial charge >= 0.3 is 0 Å². The van der Waals surface area contributed by atoms with Crippen molar-refractivity contribution >= 4 is 5.91 Å². The molecule has 1 aromatic rings. The summed E-state index contributed by atoms with van der Waals surface area (Å²) in [6.45, 7) is 6.97. The largest absolute Gasteiger partial charge is 0.466 e. The van der Waals surface area contributed by atoms with Crippen LogP contribution in [0.4, 0.5) is 0 Å². The van der Waals surface area contributed by atoms with Crippen LogP contribution < -0.4 is 10.7 Å². The van der Waals surface area contributed by atoms with Gasteiger partial charge in [-0.25, -0.2) is 0 Å². The summed E-state index contributed by atoms with van der Waals surface area (Å²) in [5.41, 5.74) is -0.205. The van der Waals surface area contributed by atoms with Gasteiger partial charge in [-0.15, -0.1) is 0 Å². The standard InChI is InChI=1S/C11H15NO3/c1-6(2)12-11(14)10-8(4)15-7(3)5-9(10)13/h5-6H,1-4H3,(H,12,14). The molecule has 0 aromatic carbocycles. The van der Waals surface area contributed by atoms with Gasteiger partial charge in [0.15, 0.2) is 5.43 Å². The number of carbonyl (C=O) groups excluding carboxylic acids is 1. The minimum absolute atomic E-state index is 0.00222. The lowest BCUT2D eigenvalue weighted by molar-refractivity contribution is 0.0938. The zero-order chi connectivity index (χ0) is 11.6. The molecule has 1 amide bonds. The number of hydrogen-bond acceptors (Lipinski definition) is 3. The summed E-state index contributed by atoms with van der Waals surface area (Å²) in [5.74, 6) is 0.494. The molecular formula is C11H15NO3. The fourth-order valence-electron chi connectivity index (χ4n) is 1.36. The number of carbonyl (C=O) groups is 1. The fraction of sp³-hybridized carbons (Fsp3) is 0.455. The van der Waals surface area contributed by atoms with Crippen molar-refractivity contribution in [2.75, 3.05) is 0 Å². The third-order valence-corrected chi connectivity index (χ3v) is 1.89. The number of amides is 1. The van der Waals surface area contributed by atoms with Crippen molar-refractivity contribution in [1.29, 1.82) is 0 Å². The molecule has 4 heteroatoms. The van der Waals surface area contributed by atoms with E-state index in [0.29, 0.717) is 11.5 Å². The van der Waals surface area contributed by atoms with Gasteiger partial charge in [0, 0.05) is 12.1 Å². The molecule has 4 nitrogen and oxygen atoms in total. The molecule has 0 radical (unpaired) electrons. The molecule has 82 valence electrons. The minimum atomic E-state index is -0.378. The van der Waals surface area contributed by atoms with E-state index in [0.717, 1.165) is 0 Å². The van der Waals surface area contributed by atoms with Crippen LogP contribution in [0.25, 0.3) is 0 Å². The molecule has 15 heavy (non-hydrogen) atoms.